The van der Waals surface area contributed by atoms with E-state index >= 15 is 0 Å². The van der Waals surface area contributed by atoms with E-state index in [1.165, 1.54) is 45.3 Å². The second kappa shape index (κ2) is 6.69. The van der Waals surface area contributed by atoms with Crippen molar-refractivity contribution in [1.29, 1.82) is 0 Å². The number of ether oxygens (including phenoxy) is 1. The SMILES string of the molecule is COCC(O)CNC1CCN(CC2CC2)CC1. The molecule has 1 atom stereocenters. The molecule has 2 N–H and O–H groups in total. The van der Waals surface area contributed by atoms with Gasteiger partial charge >= 0.3 is 0 Å². The molecule has 2 aliphatic rings. The van der Waals surface area contributed by atoms with Gasteiger partial charge in [0.15, 0.2) is 0 Å². The molecule has 4 nitrogen and oxygen atoms in total. The largest absolute Gasteiger partial charge is 0.389 e. The van der Waals surface area contributed by atoms with Crippen LogP contribution in [0.5, 0.6) is 0 Å². The average Bonchev–Trinajstić information content (AvgIpc) is 3.13. The van der Waals surface area contributed by atoms with Crippen LogP contribution in [0.4, 0.5) is 0 Å². The standard InChI is InChI=1S/C13H26N2O2/c1-17-10-13(16)8-14-12-4-6-15(7-5-12)9-11-2-3-11/h11-14,16H,2-10H2,1H3. The molecule has 1 unspecified atom stereocenters. The van der Waals surface area contributed by atoms with E-state index in [0.29, 0.717) is 19.2 Å². The zero-order chi connectivity index (χ0) is 12.1. The van der Waals surface area contributed by atoms with Gasteiger partial charge in [-0.15, -0.1) is 0 Å². The van der Waals surface area contributed by atoms with Gasteiger partial charge in [-0.25, -0.2) is 0 Å². The van der Waals surface area contributed by atoms with Crippen LogP contribution < -0.4 is 5.32 Å². The lowest BCUT2D eigenvalue weighted by Gasteiger charge is -2.32. The second-order valence-corrected chi connectivity index (χ2v) is 5.54. The summed E-state index contributed by atoms with van der Waals surface area (Å²) in [5.41, 5.74) is 0. The summed E-state index contributed by atoms with van der Waals surface area (Å²) < 4.78 is 4.91. The first kappa shape index (κ1) is 13.3. The van der Waals surface area contributed by atoms with Gasteiger partial charge in [-0.2, -0.15) is 0 Å². The first-order valence-corrected chi connectivity index (χ1v) is 6.90. The molecule has 0 aromatic heterocycles. The third-order valence-electron chi connectivity index (χ3n) is 3.80. The van der Waals surface area contributed by atoms with Crippen molar-refractivity contribution in [3.63, 3.8) is 0 Å². The fourth-order valence-electron chi connectivity index (χ4n) is 2.54. The zero-order valence-corrected chi connectivity index (χ0v) is 10.9. The summed E-state index contributed by atoms with van der Waals surface area (Å²) >= 11 is 0. The van der Waals surface area contributed by atoms with E-state index in [-0.39, 0.29) is 6.10 Å². The number of hydrogen-bond donors (Lipinski definition) is 2. The summed E-state index contributed by atoms with van der Waals surface area (Å²) in [4.78, 5) is 2.60. The quantitative estimate of drug-likeness (QED) is 0.681. The van der Waals surface area contributed by atoms with Gasteiger partial charge in [0.2, 0.25) is 0 Å². The molecule has 0 radical (unpaired) electrons. The van der Waals surface area contributed by atoms with Crippen molar-refractivity contribution in [2.24, 2.45) is 5.92 Å². The Labute approximate surface area is 104 Å². The molecule has 1 aliphatic heterocycles. The van der Waals surface area contributed by atoms with Gasteiger partial charge in [0.1, 0.15) is 0 Å². The summed E-state index contributed by atoms with van der Waals surface area (Å²) in [6.07, 6.45) is 4.95. The topological polar surface area (TPSA) is 44.7 Å². The fourth-order valence-corrected chi connectivity index (χ4v) is 2.54. The van der Waals surface area contributed by atoms with E-state index in [0.717, 1.165) is 5.92 Å². The highest BCUT2D eigenvalue weighted by Crippen LogP contribution is 2.30. The maximum absolute atomic E-state index is 9.56. The highest BCUT2D eigenvalue weighted by molar-refractivity contribution is 4.82. The minimum Gasteiger partial charge on any atom is -0.389 e. The lowest BCUT2D eigenvalue weighted by atomic mass is 10.0. The molecule has 2 fully saturated rings. The molecule has 0 aromatic carbocycles. The number of methoxy groups -OCH3 is 1. The number of rotatable bonds is 7. The van der Waals surface area contributed by atoms with Crippen LogP contribution in [-0.4, -0.2) is 62.0 Å². The zero-order valence-electron chi connectivity index (χ0n) is 10.9. The lowest BCUT2D eigenvalue weighted by Crippen LogP contribution is -2.45. The predicted molar refractivity (Wildman–Crippen MR) is 68.1 cm³/mol. The summed E-state index contributed by atoms with van der Waals surface area (Å²) in [6, 6.07) is 0.581. The first-order chi connectivity index (χ1) is 8.28. The Hall–Kier alpha value is -0.160. The fraction of sp³-hybridized carbons (Fsp3) is 1.00. The molecular formula is C13H26N2O2. The molecule has 100 valence electrons. The molecule has 1 saturated heterocycles. The van der Waals surface area contributed by atoms with Gasteiger partial charge in [0.25, 0.3) is 0 Å². The van der Waals surface area contributed by atoms with Crippen molar-refractivity contribution in [3.05, 3.63) is 0 Å². The van der Waals surface area contributed by atoms with E-state index in [9.17, 15) is 5.11 Å². The third-order valence-corrected chi connectivity index (χ3v) is 3.80. The second-order valence-electron chi connectivity index (χ2n) is 5.54. The molecule has 0 amide bonds. The number of aliphatic hydroxyl groups excluding tert-OH is 1. The Bertz CT molecular complexity index is 213. The van der Waals surface area contributed by atoms with Gasteiger partial charge in [0, 0.05) is 26.2 Å². The predicted octanol–water partition coefficient (Wildman–Crippen LogP) is 0.458. The summed E-state index contributed by atoms with van der Waals surface area (Å²) in [7, 11) is 1.62. The van der Waals surface area contributed by atoms with Crippen molar-refractivity contribution in [2.45, 2.75) is 37.8 Å². The van der Waals surface area contributed by atoms with Crippen molar-refractivity contribution >= 4 is 0 Å². The Morgan fingerprint density at radius 3 is 2.59 bits per heavy atom. The minimum absolute atomic E-state index is 0.371. The number of piperidine rings is 1. The summed E-state index contributed by atoms with van der Waals surface area (Å²) in [5, 5.41) is 13.0. The Kier molecular flexibility index (Phi) is 5.22. The average molecular weight is 242 g/mol. The van der Waals surface area contributed by atoms with E-state index < -0.39 is 0 Å². The lowest BCUT2D eigenvalue weighted by molar-refractivity contribution is 0.0602. The van der Waals surface area contributed by atoms with Crippen LogP contribution >= 0.6 is 0 Å². The third kappa shape index (κ3) is 4.92. The van der Waals surface area contributed by atoms with Crippen LogP contribution in [-0.2, 0) is 4.74 Å². The smallest absolute Gasteiger partial charge is 0.0897 e. The number of likely N-dealkylation sites (tertiary alicyclic amines) is 1. The number of nitrogens with zero attached hydrogens (tertiary/aromatic N) is 1. The number of hydrogen-bond acceptors (Lipinski definition) is 4. The molecule has 1 heterocycles. The van der Waals surface area contributed by atoms with Crippen molar-refractivity contribution in [2.75, 3.05) is 39.9 Å². The van der Waals surface area contributed by atoms with Crippen molar-refractivity contribution in [1.82, 2.24) is 10.2 Å². The molecule has 4 heteroatoms. The van der Waals surface area contributed by atoms with Gasteiger partial charge in [-0.3, -0.25) is 0 Å². The molecule has 1 saturated carbocycles. The molecule has 0 aromatic rings. The summed E-state index contributed by atoms with van der Waals surface area (Å²) in [6.45, 7) is 4.83. The normalized spacial score (nSPS) is 25.1. The monoisotopic (exact) mass is 242 g/mol. The maximum atomic E-state index is 9.56. The van der Waals surface area contributed by atoms with Gasteiger partial charge < -0.3 is 20.1 Å². The van der Waals surface area contributed by atoms with Crippen molar-refractivity contribution in [3.8, 4) is 0 Å². The Morgan fingerprint density at radius 1 is 1.29 bits per heavy atom. The van der Waals surface area contributed by atoms with E-state index in [1.807, 2.05) is 0 Å². The summed E-state index contributed by atoms with van der Waals surface area (Å²) in [5.74, 6) is 1.00. The van der Waals surface area contributed by atoms with E-state index in [1.54, 1.807) is 7.11 Å². The molecule has 0 bridgehead atoms. The Morgan fingerprint density at radius 2 is 2.00 bits per heavy atom. The van der Waals surface area contributed by atoms with Crippen LogP contribution in [0.2, 0.25) is 0 Å². The number of aliphatic hydroxyl groups is 1. The van der Waals surface area contributed by atoms with Gasteiger partial charge in [0.05, 0.1) is 12.7 Å². The van der Waals surface area contributed by atoms with Gasteiger partial charge in [-0.1, -0.05) is 0 Å². The van der Waals surface area contributed by atoms with E-state index in [4.69, 9.17) is 4.74 Å². The van der Waals surface area contributed by atoms with Crippen LogP contribution in [0.1, 0.15) is 25.7 Å². The van der Waals surface area contributed by atoms with Gasteiger partial charge in [-0.05, 0) is 44.7 Å². The number of nitrogens with one attached hydrogen (secondary N) is 1. The minimum atomic E-state index is -0.371. The first-order valence-electron chi connectivity index (χ1n) is 6.90. The molecule has 0 spiro atoms. The Balaban J connectivity index is 1.55. The van der Waals surface area contributed by atoms with E-state index in [2.05, 4.69) is 10.2 Å². The van der Waals surface area contributed by atoms with Crippen LogP contribution in [0.3, 0.4) is 0 Å². The highest BCUT2D eigenvalue weighted by atomic mass is 16.5. The van der Waals surface area contributed by atoms with Crippen LogP contribution in [0.15, 0.2) is 0 Å². The molecule has 1 aliphatic carbocycles. The molecular weight excluding hydrogens is 216 g/mol. The maximum Gasteiger partial charge on any atom is 0.0897 e. The molecule has 2 rings (SSSR count). The van der Waals surface area contributed by atoms with Crippen LogP contribution in [0.25, 0.3) is 0 Å². The van der Waals surface area contributed by atoms with Crippen LogP contribution in [0, 0.1) is 5.92 Å². The van der Waals surface area contributed by atoms with Crippen molar-refractivity contribution < 1.29 is 9.84 Å². The highest BCUT2D eigenvalue weighted by Gasteiger charge is 2.26. The molecule has 17 heavy (non-hydrogen) atoms.